The van der Waals surface area contributed by atoms with Gasteiger partial charge in [0.25, 0.3) is 0 Å². The van der Waals surface area contributed by atoms with Gasteiger partial charge in [0.05, 0.1) is 23.4 Å². The third-order valence-corrected chi connectivity index (χ3v) is 9.71. The molecule has 0 unspecified atom stereocenters. The van der Waals surface area contributed by atoms with Crippen LogP contribution in [0.3, 0.4) is 0 Å². The minimum atomic E-state index is -0.254. The van der Waals surface area contributed by atoms with E-state index in [1.807, 2.05) is 22.7 Å². The number of carbonyl (C=O) groups is 1. The zero-order valence-corrected chi connectivity index (χ0v) is 24.7. The van der Waals surface area contributed by atoms with Crippen LogP contribution in [0.4, 0.5) is 5.69 Å². The van der Waals surface area contributed by atoms with Gasteiger partial charge in [-0.15, -0.1) is 0 Å². The second-order valence-electron chi connectivity index (χ2n) is 12.1. The molecule has 2 saturated heterocycles. The Bertz CT molecular complexity index is 1340. The first kappa shape index (κ1) is 28.2. The fraction of sp³-hybridized carbons (Fsp3) is 0.562. The standard InChI is InChI=1S/C32H44N6O3/c1-23(22-40-2)35-12-9-32(41-3,10-13-35)27-6-4-24(5-7-27)26-20-30-29(8-11-34-38(30)21-26)36-14-16-37(17-15-36)31(39)25-18-28(33)19-25/h4-8,11,20-21,23,25,28H,9-10,12-19,22,33H2,1-3H3/t23-,25-,28-/m1/s1. The Labute approximate surface area is 243 Å². The zero-order chi connectivity index (χ0) is 28.6. The van der Waals surface area contributed by atoms with Gasteiger partial charge in [-0.2, -0.15) is 5.10 Å². The first-order valence-corrected chi connectivity index (χ1v) is 15.1. The van der Waals surface area contributed by atoms with E-state index in [0.717, 1.165) is 93.9 Å². The molecule has 0 radical (unpaired) electrons. The quantitative estimate of drug-likeness (QED) is 0.452. The molecule has 4 heterocycles. The molecule has 3 fully saturated rings. The lowest BCUT2D eigenvalue weighted by Gasteiger charge is -2.43. The maximum atomic E-state index is 12.8. The fourth-order valence-corrected chi connectivity index (χ4v) is 6.96. The molecular weight excluding hydrogens is 516 g/mol. The predicted molar refractivity (Wildman–Crippen MR) is 161 cm³/mol. The molecular formula is C32H44N6O3. The van der Waals surface area contributed by atoms with Crippen molar-refractivity contribution in [3.8, 4) is 11.1 Å². The van der Waals surface area contributed by atoms with Gasteiger partial charge in [-0.3, -0.25) is 9.69 Å². The third kappa shape index (κ3) is 5.48. The number of hydrogen-bond donors (Lipinski definition) is 1. The van der Waals surface area contributed by atoms with Crippen LogP contribution in [0.15, 0.2) is 48.8 Å². The molecule has 2 N–H and O–H groups in total. The van der Waals surface area contributed by atoms with E-state index in [1.165, 1.54) is 5.56 Å². The summed E-state index contributed by atoms with van der Waals surface area (Å²) in [6, 6.07) is 13.8. The summed E-state index contributed by atoms with van der Waals surface area (Å²) in [5, 5.41) is 4.60. The van der Waals surface area contributed by atoms with Crippen LogP contribution in [0.5, 0.6) is 0 Å². The van der Waals surface area contributed by atoms with Gasteiger partial charge < -0.3 is 25.0 Å². The van der Waals surface area contributed by atoms with Gasteiger partial charge in [0.2, 0.25) is 5.91 Å². The SMILES string of the molecule is COC[C@@H](C)N1CCC(OC)(c2ccc(-c3cc4c(N5CCN(C(=O)[C@H]6C[C@H](N)C6)CC5)ccnn4c3)cc2)CC1. The lowest BCUT2D eigenvalue weighted by atomic mass is 9.80. The number of nitrogens with zero attached hydrogens (tertiary/aromatic N) is 5. The summed E-state index contributed by atoms with van der Waals surface area (Å²) in [5.41, 5.74) is 11.4. The molecule has 0 spiro atoms. The molecule has 1 atom stereocenters. The van der Waals surface area contributed by atoms with Gasteiger partial charge in [0.15, 0.2) is 0 Å². The number of rotatable bonds is 8. The van der Waals surface area contributed by atoms with E-state index in [4.69, 9.17) is 15.2 Å². The molecule has 2 aromatic heterocycles. The number of carbonyl (C=O) groups excluding carboxylic acids is 1. The molecule has 9 nitrogen and oxygen atoms in total. The molecule has 220 valence electrons. The molecule has 2 aliphatic heterocycles. The van der Waals surface area contributed by atoms with Gasteiger partial charge in [-0.25, -0.2) is 4.52 Å². The minimum Gasteiger partial charge on any atom is -0.383 e. The summed E-state index contributed by atoms with van der Waals surface area (Å²) in [6.45, 7) is 8.11. The van der Waals surface area contributed by atoms with Crippen LogP contribution in [0.2, 0.25) is 0 Å². The Kier molecular flexibility index (Phi) is 8.05. The molecule has 3 aliphatic rings. The number of piperidine rings is 1. The smallest absolute Gasteiger partial charge is 0.225 e. The van der Waals surface area contributed by atoms with Gasteiger partial charge >= 0.3 is 0 Å². The Hall–Kier alpha value is -2.98. The number of benzene rings is 1. The summed E-state index contributed by atoms with van der Waals surface area (Å²) >= 11 is 0. The van der Waals surface area contributed by atoms with Crippen LogP contribution in [0.1, 0.15) is 38.2 Å². The lowest BCUT2D eigenvalue weighted by molar-refractivity contribution is -0.139. The van der Waals surface area contributed by atoms with Crippen molar-refractivity contribution in [2.75, 3.05) is 65.0 Å². The minimum absolute atomic E-state index is 0.125. The number of likely N-dealkylation sites (tertiary alicyclic amines) is 1. The van der Waals surface area contributed by atoms with Crippen molar-refractivity contribution < 1.29 is 14.3 Å². The largest absolute Gasteiger partial charge is 0.383 e. The van der Waals surface area contributed by atoms with Crippen molar-refractivity contribution in [1.82, 2.24) is 19.4 Å². The average Bonchev–Trinajstić information content (AvgIpc) is 3.44. The van der Waals surface area contributed by atoms with Crippen molar-refractivity contribution in [2.45, 2.75) is 50.3 Å². The number of hydrogen-bond acceptors (Lipinski definition) is 7. The number of ether oxygens (including phenoxy) is 2. The molecule has 1 aliphatic carbocycles. The van der Waals surface area contributed by atoms with Crippen molar-refractivity contribution in [3.63, 3.8) is 0 Å². The molecule has 1 saturated carbocycles. The van der Waals surface area contributed by atoms with Gasteiger partial charge in [0, 0.05) is 89.4 Å². The molecule has 1 aromatic carbocycles. The lowest BCUT2D eigenvalue weighted by Crippen LogP contribution is -2.53. The van der Waals surface area contributed by atoms with Gasteiger partial charge in [-0.05, 0) is 55.9 Å². The molecule has 6 rings (SSSR count). The summed E-state index contributed by atoms with van der Waals surface area (Å²) in [6.07, 6.45) is 7.56. The maximum Gasteiger partial charge on any atom is 0.225 e. The number of methoxy groups -OCH3 is 2. The van der Waals surface area contributed by atoms with E-state index in [9.17, 15) is 4.79 Å². The normalized spacial score (nSPS) is 23.9. The molecule has 0 bridgehead atoms. The summed E-state index contributed by atoms with van der Waals surface area (Å²) in [4.78, 5) is 19.7. The topological polar surface area (TPSA) is 88.6 Å². The summed E-state index contributed by atoms with van der Waals surface area (Å²) in [5.74, 6) is 0.404. The van der Waals surface area contributed by atoms with Crippen LogP contribution < -0.4 is 10.6 Å². The molecule has 1 amide bonds. The Morgan fingerprint density at radius 3 is 2.37 bits per heavy atom. The Balaban J connectivity index is 1.14. The second kappa shape index (κ2) is 11.7. The monoisotopic (exact) mass is 560 g/mol. The van der Waals surface area contributed by atoms with Crippen LogP contribution >= 0.6 is 0 Å². The number of nitrogens with two attached hydrogens (primary N) is 1. The Morgan fingerprint density at radius 2 is 1.73 bits per heavy atom. The van der Waals surface area contributed by atoms with Gasteiger partial charge in [-0.1, -0.05) is 24.3 Å². The number of amides is 1. The summed E-state index contributed by atoms with van der Waals surface area (Å²) < 4.78 is 13.5. The number of anilines is 1. The van der Waals surface area contributed by atoms with E-state index in [2.05, 4.69) is 64.4 Å². The second-order valence-corrected chi connectivity index (χ2v) is 12.1. The van der Waals surface area contributed by atoms with Crippen LogP contribution in [-0.4, -0.2) is 97.5 Å². The summed E-state index contributed by atoms with van der Waals surface area (Å²) in [7, 11) is 3.61. The highest BCUT2D eigenvalue weighted by Gasteiger charge is 2.38. The number of fused-ring (bicyclic) bond motifs is 1. The Morgan fingerprint density at radius 1 is 1.02 bits per heavy atom. The highest BCUT2D eigenvalue weighted by atomic mass is 16.5. The van der Waals surface area contributed by atoms with E-state index in [0.29, 0.717) is 6.04 Å². The highest BCUT2D eigenvalue weighted by Crippen LogP contribution is 2.38. The highest BCUT2D eigenvalue weighted by molar-refractivity contribution is 5.82. The first-order valence-electron chi connectivity index (χ1n) is 15.1. The maximum absolute atomic E-state index is 12.8. The molecule has 9 heteroatoms. The van der Waals surface area contributed by atoms with Crippen molar-refractivity contribution in [2.24, 2.45) is 11.7 Å². The molecule has 41 heavy (non-hydrogen) atoms. The fourth-order valence-electron chi connectivity index (χ4n) is 6.96. The van der Waals surface area contributed by atoms with Crippen LogP contribution in [-0.2, 0) is 19.9 Å². The van der Waals surface area contributed by atoms with Crippen molar-refractivity contribution >= 4 is 17.1 Å². The molecule has 3 aromatic rings. The zero-order valence-electron chi connectivity index (χ0n) is 24.7. The third-order valence-electron chi connectivity index (χ3n) is 9.71. The van der Waals surface area contributed by atoms with Crippen molar-refractivity contribution in [1.29, 1.82) is 0 Å². The van der Waals surface area contributed by atoms with E-state index in [-0.39, 0.29) is 23.5 Å². The van der Waals surface area contributed by atoms with Crippen LogP contribution in [0.25, 0.3) is 16.6 Å². The van der Waals surface area contributed by atoms with E-state index in [1.54, 1.807) is 7.11 Å². The number of piperazine rings is 1. The average molecular weight is 561 g/mol. The van der Waals surface area contributed by atoms with E-state index < -0.39 is 0 Å². The number of aromatic nitrogens is 2. The van der Waals surface area contributed by atoms with Crippen molar-refractivity contribution in [3.05, 3.63) is 54.4 Å². The van der Waals surface area contributed by atoms with Crippen LogP contribution in [0, 0.1) is 5.92 Å². The van der Waals surface area contributed by atoms with Gasteiger partial charge in [0.1, 0.15) is 0 Å². The van der Waals surface area contributed by atoms with E-state index >= 15 is 0 Å². The first-order chi connectivity index (χ1) is 19.9. The predicted octanol–water partition coefficient (Wildman–Crippen LogP) is 3.36.